The van der Waals surface area contributed by atoms with E-state index >= 15 is 0 Å². The summed E-state index contributed by atoms with van der Waals surface area (Å²) >= 11 is 3.37. The van der Waals surface area contributed by atoms with Crippen molar-refractivity contribution in [1.82, 2.24) is 0 Å². The fraction of sp³-hybridized carbons (Fsp3) is 0.250. The van der Waals surface area contributed by atoms with Crippen LogP contribution in [-0.4, -0.2) is 11.1 Å². The van der Waals surface area contributed by atoms with E-state index in [1.54, 1.807) is 13.0 Å². The molecule has 1 rings (SSSR count). The van der Waals surface area contributed by atoms with Gasteiger partial charge in [-0.1, -0.05) is 34.1 Å². The summed E-state index contributed by atoms with van der Waals surface area (Å²) in [5, 5.41) is 8.64. The van der Waals surface area contributed by atoms with Crippen LogP contribution in [0, 0.1) is 0 Å². The zero-order chi connectivity index (χ0) is 11.3. The summed E-state index contributed by atoms with van der Waals surface area (Å²) in [4.78, 5) is 10.5. The lowest BCUT2D eigenvalue weighted by Gasteiger charge is -1.99. The zero-order valence-corrected chi connectivity index (χ0v) is 10.1. The topological polar surface area (TPSA) is 37.3 Å². The first-order valence-corrected chi connectivity index (χ1v) is 5.53. The minimum atomic E-state index is -0.842. The average molecular weight is 269 g/mol. The number of allylic oxidation sites excluding steroid dienone is 1. The van der Waals surface area contributed by atoms with Gasteiger partial charge in [-0.05, 0) is 37.5 Å². The lowest BCUT2D eigenvalue weighted by Crippen LogP contribution is -1.96. The molecule has 0 amide bonds. The van der Waals surface area contributed by atoms with E-state index in [1.165, 1.54) is 5.56 Å². The van der Waals surface area contributed by atoms with Gasteiger partial charge in [-0.25, -0.2) is 4.79 Å². The maximum absolute atomic E-state index is 10.5. The van der Waals surface area contributed by atoms with Gasteiger partial charge in [0, 0.05) is 10.0 Å². The molecule has 0 saturated heterocycles. The van der Waals surface area contributed by atoms with Crippen molar-refractivity contribution >= 4 is 21.9 Å². The lowest BCUT2D eigenvalue weighted by molar-refractivity contribution is -0.132. The second kappa shape index (κ2) is 5.71. The Labute approximate surface area is 97.8 Å². The summed E-state index contributed by atoms with van der Waals surface area (Å²) < 4.78 is 1.06. The number of aliphatic carboxylic acids is 1. The van der Waals surface area contributed by atoms with E-state index in [2.05, 4.69) is 15.9 Å². The van der Waals surface area contributed by atoms with Crippen molar-refractivity contribution in [3.8, 4) is 0 Å². The molecule has 0 heterocycles. The highest BCUT2D eigenvalue weighted by Gasteiger charge is 1.98. The predicted molar refractivity (Wildman–Crippen MR) is 63.9 cm³/mol. The number of hydrogen-bond donors (Lipinski definition) is 1. The third kappa shape index (κ3) is 4.30. The average Bonchev–Trinajstić information content (AvgIpc) is 2.20. The van der Waals surface area contributed by atoms with Crippen molar-refractivity contribution in [2.45, 2.75) is 19.8 Å². The molecule has 0 bridgehead atoms. The quantitative estimate of drug-likeness (QED) is 0.850. The van der Waals surface area contributed by atoms with Crippen LogP contribution in [0.2, 0.25) is 0 Å². The highest BCUT2D eigenvalue weighted by molar-refractivity contribution is 9.10. The monoisotopic (exact) mass is 268 g/mol. The molecule has 0 unspecified atom stereocenters. The van der Waals surface area contributed by atoms with Crippen molar-refractivity contribution < 1.29 is 9.90 Å². The summed E-state index contributed by atoms with van der Waals surface area (Å²) in [5.74, 6) is -0.842. The summed E-state index contributed by atoms with van der Waals surface area (Å²) in [5.41, 5.74) is 1.62. The van der Waals surface area contributed by atoms with Crippen LogP contribution in [0.4, 0.5) is 0 Å². The molecule has 0 spiro atoms. The number of benzene rings is 1. The van der Waals surface area contributed by atoms with Crippen molar-refractivity contribution in [3.63, 3.8) is 0 Å². The highest BCUT2D eigenvalue weighted by Crippen LogP contribution is 2.12. The Hall–Kier alpha value is -1.09. The molecule has 0 aliphatic carbocycles. The van der Waals surface area contributed by atoms with E-state index in [-0.39, 0.29) is 0 Å². The Balaban J connectivity index is 2.48. The van der Waals surface area contributed by atoms with Crippen molar-refractivity contribution in [2.24, 2.45) is 0 Å². The van der Waals surface area contributed by atoms with Gasteiger partial charge >= 0.3 is 5.97 Å². The van der Waals surface area contributed by atoms with Crippen LogP contribution in [0.1, 0.15) is 18.9 Å². The third-order valence-corrected chi connectivity index (χ3v) is 2.66. The number of hydrogen-bond acceptors (Lipinski definition) is 1. The van der Waals surface area contributed by atoms with Gasteiger partial charge in [0.25, 0.3) is 0 Å². The second-order valence-corrected chi connectivity index (χ2v) is 4.27. The number of rotatable bonds is 4. The first kappa shape index (κ1) is 12.0. The normalized spacial score (nSPS) is 11.5. The van der Waals surface area contributed by atoms with Gasteiger partial charge in [0.05, 0.1) is 0 Å². The van der Waals surface area contributed by atoms with E-state index in [0.717, 1.165) is 17.3 Å². The Morgan fingerprint density at radius 3 is 2.53 bits per heavy atom. The second-order valence-electron chi connectivity index (χ2n) is 3.36. The smallest absolute Gasteiger partial charge is 0.330 e. The van der Waals surface area contributed by atoms with Crippen LogP contribution in [0.15, 0.2) is 40.4 Å². The van der Waals surface area contributed by atoms with Gasteiger partial charge < -0.3 is 5.11 Å². The van der Waals surface area contributed by atoms with Crippen LogP contribution in [0.3, 0.4) is 0 Å². The summed E-state index contributed by atoms with van der Waals surface area (Å²) in [6, 6.07) is 8.05. The fourth-order valence-electron chi connectivity index (χ4n) is 1.19. The maximum Gasteiger partial charge on any atom is 0.330 e. The molecule has 0 radical (unpaired) electrons. The molecule has 80 valence electrons. The molecule has 1 aromatic carbocycles. The summed E-state index contributed by atoms with van der Waals surface area (Å²) in [6.07, 6.45) is 3.39. The molecule has 0 saturated carbocycles. The number of carbonyl (C=O) groups is 1. The minimum Gasteiger partial charge on any atom is -0.478 e. The Morgan fingerprint density at radius 2 is 2.00 bits per heavy atom. The number of halogens is 1. The molecular weight excluding hydrogens is 256 g/mol. The largest absolute Gasteiger partial charge is 0.478 e. The maximum atomic E-state index is 10.5. The molecule has 1 aromatic rings. The van der Waals surface area contributed by atoms with Crippen molar-refractivity contribution in [2.75, 3.05) is 0 Å². The molecule has 2 nitrogen and oxygen atoms in total. The van der Waals surface area contributed by atoms with E-state index in [4.69, 9.17) is 5.11 Å². The molecule has 0 aromatic heterocycles. The Bertz CT molecular complexity index is 366. The SMILES string of the molecule is CC(=CCCc1ccc(Br)cc1)C(=O)O. The van der Waals surface area contributed by atoms with Gasteiger partial charge in [0.2, 0.25) is 0 Å². The molecule has 0 fully saturated rings. The lowest BCUT2D eigenvalue weighted by atomic mass is 10.1. The van der Waals surface area contributed by atoms with Gasteiger partial charge in [0.1, 0.15) is 0 Å². The third-order valence-electron chi connectivity index (χ3n) is 2.13. The fourth-order valence-corrected chi connectivity index (χ4v) is 1.46. The van der Waals surface area contributed by atoms with E-state index in [0.29, 0.717) is 5.57 Å². The Morgan fingerprint density at radius 1 is 1.40 bits per heavy atom. The number of carboxylic acid groups (broad SMARTS) is 1. The Kier molecular flexibility index (Phi) is 4.56. The van der Waals surface area contributed by atoms with Gasteiger partial charge in [-0.15, -0.1) is 0 Å². The van der Waals surface area contributed by atoms with Gasteiger partial charge in [0.15, 0.2) is 0 Å². The molecule has 0 atom stereocenters. The molecule has 0 aliphatic heterocycles. The molecule has 1 N–H and O–H groups in total. The molecule has 0 aliphatic rings. The van der Waals surface area contributed by atoms with Crippen LogP contribution in [-0.2, 0) is 11.2 Å². The first-order valence-electron chi connectivity index (χ1n) is 4.74. The van der Waals surface area contributed by atoms with Crippen molar-refractivity contribution in [1.29, 1.82) is 0 Å². The van der Waals surface area contributed by atoms with E-state index in [1.807, 2.05) is 24.3 Å². The van der Waals surface area contributed by atoms with E-state index in [9.17, 15) is 4.79 Å². The summed E-state index contributed by atoms with van der Waals surface area (Å²) in [6.45, 7) is 1.61. The van der Waals surface area contributed by atoms with Crippen LogP contribution in [0.5, 0.6) is 0 Å². The zero-order valence-electron chi connectivity index (χ0n) is 8.53. The molecule has 15 heavy (non-hydrogen) atoms. The summed E-state index contributed by atoms with van der Waals surface area (Å²) in [7, 11) is 0. The minimum absolute atomic E-state index is 0.409. The van der Waals surface area contributed by atoms with Crippen LogP contribution in [0.25, 0.3) is 0 Å². The van der Waals surface area contributed by atoms with Crippen molar-refractivity contribution in [3.05, 3.63) is 46.0 Å². The van der Waals surface area contributed by atoms with Crippen LogP contribution < -0.4 is 0 Å². The number of aryl methyl sites for hydroxylation is 1. The van der Waals surface area contributed by atoms with Crippen LogP contribution >= 0.6 is 15.9 Å². The molecular formula is C12H13BrO2. The van der Waals surface area contributed by atoms with Gasteiger partial charge in [-0.2, -0.15) is 0 Å². The van der Waals surface area contributed by atoms with E-state index < -0.39 is 5.97 Å². The standard InChI is InChI=1S/C12H13BrO2/c1-9(12(14)15)3-2-4-10-5-7-11(13)8-6-10/h3,5-8H,2,4H2,1H3,(H,14,15). The predicted octanol–water partition coefficient (Wildman–Crippen LogP) is 3.41. The van der Waals surface area contributed by atoms with Gasteiger partial charge in [-0.3, -0.25) is 0 Å². The first-order chi connectivity index (χ1) is 7.09. The number of carboxylic acids is 1. The molecule has 3 heteroatoms. The highest BCUT2D eigenvalue weighted by atomic mass is 79.9.